The lowest BCUT2D eigenvalue weighted by Crippen LogP contribution is -2.30. The molecule has 0 fully saturated rings. The van der Waals surface area contributed by atoms with Crippen LogP contribution in [0.4, 0.5) is 0 Å². The van der Waals surface area contributed by atoms with Crippen molar-refractivity contribution in [3.8, 4) is 0 Å². The van der Waals surface area contributed by atoms with Gasteiger partial charge < -0.3 is 10.2 Å². The van der Waals surface area contributed by atoms with Crippen LogP contribution in [0.25, 0.3) is 0 Å². The molecule has 4 heteroatoms. The second-order valence-electron chi connectivity index (χ2n) is 5.14. The maximum absolute atomic E-state index is 10.0. The Morgan fingerprint density at radius 1 is 0.636 bits per heavy atom. The van der Waals surface area contributed by atoms with E-state index in [-0.39, 0.29) is 0 Å². The molecule has 2 atom stereocenters. The molecule has 0 radical (unpaired) electrons. The molecule has 2 rings (SSSR count). The monoisotopic (exact) mass is 334 g/mol. The molecular formula is C18H22O2S2. The molecule has 0 spiro atoms. The number of hydrogen-bond donors (Lipinski definition) is 2. The van der Waals surface area contributed by atoms with Gasteiger partial charge in [0.15, 0.2) is 0 Å². The summed E-state index contributed by atoms with van der Waals surface area (Å²) in [4.78, 5) is 0. The Kier molecular flexibility index (Phi) is 7.88. The van der Waals surface area contributed by atoms with Crippen LogP contribution in [0.15, 0.2) is 60.7 Å². The van der Waals surface area contributed by atoms with E-state index in [0.717, 1.165) is 11.5 Å². The number of hydrogen-bond acceptors (Lipinski definition) is 4. The highest BCUT2D eigenvalue weighted by Crippen LogP contribution is 2.17. The van der Waals surface area contributed by atoms with E-state index in [1.165, 1.54) is 11.1 Å². The lowest BCUT2D eigenvalue weighted by Gasteiger charge is -2.17. The minimum atomic E-state index is -0.669. The first kappa shape index (κ1) is 17.4. The molecule has 2 aromatic carbocycles. The maximum atomic E-state index is 10.0. The Hall–Kier alpha value is -0.940. The van der Waals surface area contributed by atoms with E-state index >= 15 is 0 Å². The van der Waals surface area contributed by atoms with E-state index in [9.17, 15) is 10.2 Å². The average molecular weight is 335 g/mol. The molecule has 0 aliphatic heterocycles. The summed E-state index contributed by atoms with van der Waals surface area (Å²) in [5.41, 5.74) is 2.49. The Bertz CT molecular complexity index is 470. The maximum Gasteiger partial charge on any atom is 0.0897 e. The summed E-state index contributed by atoms with van der Waals surface area (Å²) in [5, 5.41) is 20.0. The lowest BCUT2D eigenvalue weighted by atomic mass is 10.2. The third-order valence-electron chi connectivity index (χ3n) is 3.24. The van der Waals surface area contributed by atoms with Crippen molar-refractivity contribution in [1.29, 1.82) is 0 Å². The van der Waals surface area contributed by atoms with Crippen molar-refractivity contribution in [2.75, 3.05) is 11.5 Å². The van der Waals surface area contributed by atoms with Gasteiger partial charge in [-0.15, -0.1) is 0 Å². The number of thioether (sulfide) groups is 2. The van der Waals surface area contributed by atoms with Crippen LogP contribution in [0.1, 0.15) is 11.1 Å². The Balaban J connectivity index is 1.61. The largest absolute Gasteiger partial charge is 0.390 e. The molecule has 0 aliphatic rings. The first-order valence-corrected chi connectivity index (χ1v) is 9.66. The molecule has 2 nitrogen and oxygen atoms in total. The van der Waals surface area contributed by atoms with Gasteiger partial charge in [0.25, 0.3) is 0 Å². The number of rotatable bonds is 9. The molecule has 0 saturated carbocycles. The van der Waals surface area contributed by atoms with Gasteiger partial charge in [-0.1, -0.05) is 60.7 Å². The zero-order valence-electron chi connectivity index (χ0n) is 12.5. The van der Waals surface area contributed by atoms with Crippen LogP contribution in [0.2, 0.25) is 0 Å². The summed E-state index contributed by atoms with van der Waals surface area (Å²) >= 11 is 3.31. The van der Waals surface area contributed by atoms with Crippen molar-refractivity contribution in [2.24, 2.45) is 0 Å². The van der Waals surface area contributed by atoms with Gasteiger partial charge in [0.2, 0.25) is 0 Å². The molecule has 0 aromatic heterocycles. The van der Waals surface area contributed by atoms with Gasteiger partial charge in [0.05, 0.1) is 12.2 Å². The minimum absolute atomic E-state index is 0.557. The van der Waals surface area contributed by atoms with Crippen LogP contribution >= 0.6 is 23.5 Å². The van der Waals surface area contributed by atoms with Crippen LogP contribution < -0.4 is 0 Å². The standard InChI is InChI=1S/C18H22O2S2/c19-17(13-21-11-15-7-3-1-4-8-15)18(20)14-22-12-16-9-5-2-6-10-16/h1-10,17-20H,11-14H2/t17-,18-/m0/s1. The first-order chi connectivity index (χ1) is 10.8. The van der Waals surface area contributed by atoms with Crippen LogP contribution in [-0.4, -0.2) is 33.9 Å². The fraction of sp³-hybridized carbons (Fsp3) is 0.333. The highest BCUT2D eigenvalue weighted by molar-refractivity contribution is 7.98. The van der Waals surface area contributed by atoms with Crippen molar-refractivity contribution in [1.82, 2.24) is 0 Å². The quantitative estimate of drug-likeness (QED) is 0.735. The van der Waals surface area contributed by atoms with Gasteiger partial charge in [-0.2, -0.15) is 23.5 Å². The predicted molar refractivity (Wildman–Crippen MR) is 97.2 cm³/mol. The summed E-state index contributed by atoms with van der Waals surface area (Å²) in [5.74, 6) is 2.84. The van der Waals surface area contributed by atoms with Crippen molar-refractivity contribution >= 4 is 23.5 Å². The van der Waals surface area contributed by atoms with Crippen molar-refractivity contribution < 1.29 is 10.2 Å². The van der Waals surface area contributed by atoms with Gasteiger partial charge in [0, 0.05) is 23.0 Å². The summed E-state index contributed by atoms with van der Waals surface area (Å²) < 4.78 is 0. The van der Waals surface area contributed by atoms with Gasteiger partial charge in [-0.3, -0.25) is 0 Å². The molecular weight excluding hydrogens is 312 g/mol. The van der Waals surface area contributed by atoms with Gasteiger partial charge >= 0.3 is 0 Å². The molecule has 0 amide bonds. The van der Waals surface area contributed by atoms with E-state index < -0.39 is 12.2 Å². The fourth-order valence-electron chi connectivity index (χ4n) is 1.97. The third kappa shape index (κ3) is 6.44. The Morgan fingerprint density at radius 2 is 1.00 bits per heavy atom. The molecule has 0 heterocycles. The van der Waals surface area contributed by atoms with Crippen LogP contribution in [0.3, 0.4) is 0 Å². The molecule has 0 aliphatic carbocycles. The van der Waals surface area contributed by atoms with Crippen LogP contribution in [0, 0.1) is 0 Å². The second-order valence-corrected chi connectivity index (χ2v) is 7.20. The first-order valence-electron chi connectivity index (χ1n) is 7.35. The second kappa shape index (κ2) is 9.95. The topological polar surface area (TPSA) is 40.5 Å². The highest BCUT2D eigenvalue weighted by atomic mass is 32.2. The molecule has 0 bridgehead atoms. The summed E-state index contributed by atoms with van der Waals surface area (Å²) in [6, 6.07) is 20.4. The van der Waals surface area contributed by atoms with E-state index in [1.54, 1.807) is 23.5 Å². The molecule has 0 saturated heterocycles. The van der Waals surface area contributed by atoms with Crippen molar-refractivity contribution in [3.63, 3.8) is 0 Å². The number of aliphatic hydroxyl groups excluding tert-OH is 2. The van der Waals surface area contributed by atoms with E-state index in [4.69, 9.17) is 0 Å². The van der Waals surface area contributed by atoms with E-state index in [1.807, 2.05) is 36.4 Å². The predicted octanol–water partition coefficient (Wildman–Crippen LogP) is 3.58. The lowest BCUT2D eigenvalue weighted by molar-refractivity contribution is 0.0500. The smallest absolute Gasteiger partial charge is 0.0897 e. The highest BCUT2D eigenvalue weighted by Gasteiger charge is 2.16. The zero-order chi connectivity index (χ0) is 15.6. The van der Waals surface area contributed by atoms with Crippen molar-refractivity contribution in [2.45, 2.75) is 23.7 Å². The fourth-order valence-corrected chi connectivity index (χ4v) is 3.98. The van der Waals surface area contributed by atoms with Gasteiger partial charge in [0.1, 0.15) is 0 Å². The Morgan fingerprint density at radius 3 is 1.36 bits per heavy atom. The van der Waals surface area contributed by atoms with Crippen molar-refractivity contribution in [3.05, 3.63) is 71.8 Å². The van der Waals surface area contributed by atoms with Crippen LogP contribution in [0.5, 0.6) is 0 Å². The normalized spacial score (nSPS) is 13.7. The van der Waals surface area contributed by atoms with E-state index in [2.05, 4.69) is 24.3 Å². The third-order valence-corrected chi connectivity index (χ3v) is 5.47. The average Bonchev–Trinajstić information content (AvgIpc) is 2.56. The minimum Gasteiger partial charge on any atom is -0.390 e. The van der Waals surface area contributed by atoms with Gasteiger partial charge in [-0.25, -0.2) is 0 Å². The summed E-state index contributed by atoms with van der Waals surface area (Å²) in [6.07, 6.45) is -1.34. The molecule has 2 N–H and O–H groups in total. The zero-order valence-corrected chi connectivity index (χ0v) is 14.1. The molecule has 118 valence electrons. The Labute approximate surface area is 141 Å². The molecule has 0 unspecified atom stereocenters. The number of benzene rings is 2. The summed E-state index contributed by atoms with van der Waals surface area (Å²) in [6.45, 7) is 0. The van der Waals surface area contributed by atoms with Gasteiger partial charge in [-0.05, 0) is 11.1 Å². The van der Waals surface area contributed by atoms with Crippen LogP contribution in [-0.2, 0) is 11.5 Å². The molecule has 22 heavy (non-hydrogen) atoms. The number of aliphatic hydroxyl groups is 2. The molecule has 2 aromatic rings. The SMILES string of the molecule is O[C@@H](CSCc1ccccc1)[C@@H](O)CSCc1ccccc1. The van der Waals surface area contributed by atoms with E-state index in [0.29, 0.717) is 11.5 Å². The summed E-state index contributed by atoms with van der Waals surface area (Å²) in [7, 11) is 0.